The first-order valence-corrected chi connectivity index (χ1v) is 7.89. The predicted octanol–water partition coefficient (Wildman–Crippen LogP) is 3.16. The highest BCUT2D eigenvalue weighted by molar-refractivity contribution is 5.90. The van der Waals surface area contributed by atoms with Crippen LogP contribution in [0.1, 0.15) is 43.3 Å². The molecule has 4 rings (SSSR count). The van der Waals surface area contributed by atoms with Gasteiger partial charge in [0, 0.05) is 5.57 Å². The molecule has 122 valence electrons. The largest absolute Gasteiger partial charge is 0.481 e. The standard InChI is InChI=1S/C17H16N4O3/c22-16(23)9-11(17-18-14-6-1-2-7-15(14)24-17)8-12-10-21(20-19-12)13-4-3-5-13/h1-2,6-8,10,13H,3-5,9H2,(H,22,23). The van der Waals surface area contributed by atoms with Crippen LogP contribution in [-0.4, -0.2) is 31.1 Å². The number of carbonyl (C=O) groups is 1. The summed E-state index contributed by atoms with van der Waals surface area (Å²) in [6.45, 7) is 0. The number of hydrogen-bond acceptors (Lipinski definition) is 5. The minimum atomic E-state index is -0.949. The van der Waals surface area contributed by atoms with Crippen molar-refractivity contribution in [2.24, 2.45) is 0 Å². The molecule has 1 N–H and O–H groups in total. The first-order chi connectivity index (χ1) is 11.7. The summed E-state index contributed by atoms with van der Waals surface area (Å²) in [7, 11) is 0. The molecule has 0 spiro atoms. The van der Waals surface area contributed by atoms with Crippen molar-refractivity contribution in [2.45, 2.75) is 31.7 Å². The summed E-state index contributed by atoms with van der Waals surface area (Å²) >= 11 is 0. The number of fused-ring (bicyclic) bond motifs is 1. The Morgan fingerprint density at radius 3 is 2.92 bits per heavy atom. The second kappa shape index (κ2) is 5.92. The van der Waals surface area contributed by atoms with Crippen LogP contribution in [0.25, 0.3) is 22.7 Å². The van der Waals surface area contributed by atoms with E-state index in [0.717, 1.165) is 12.8 Å². The molecule has 7 nitrogen and oxygen atoms in total. The zero-order valence-corrected chi connectivity index (χ0v) is 12.9. The highest BCUT2D eigenvalue weighted by Crippen LogP contribution is 2.31. The SMILES string of the molecule is O=C(O)CC(=Cc1cn(C2CCC2)nn1)c1nc2ccccc2o1. The molecule has 0 unspecified atom stereocenters. The van der Waals surface area contributed by atoms with Gasteiger partial charge in [-0.05, 0) is 37.5 Å². The summed E-state index contributed by atoms with van der Waals surface area (Å²) in [4.78, 5) is 15.6. The van der Waals surface area contributed by atoms with Gasteiger partial charge in [0.1, 0.15) is 11.2 Å². The minimum absolute atomic E-state index is 0.191. The van der Waals surface area contributed by atoms with E-state index in [1.54, 1.807) is 12.1 Å². The lowest BCUT2D eigenvalue weighted by Gasteiger charge is -2.24. The molecule has 0 bridgehead atoms. The van der Waals surface area contributed by atoms with Gasteiger partial charge in [-0.3, -0.25) is 4.79 Å². The van der Waals surface area contributed by atoms with E-state index in [1.807, 2.05) is 29.1 Å². The molecule has 7 heteroatoms. The molecule has 2 aromatic heterocycles. The Hall–Kier alpha value is -2.96. The fourth-order valence-electron chi connectivity index (χ4n) is 2.73. The highest BCUT2D eigenvalue weighted by Gasteiger charge is 2.21. The average molecular weight is 324 g/mol. The molecule has 0 radical (unpaired) electrons. The maximum Gasteiger partial charge on any atom is 0.308 e. The summed E-state index contributed by atoms with van der Waals surface area (Å²) in [6, 6.07) is 7.75. The van der Waals surface area contributed by atoms with Crippen molar-refractivity contribution in [3.8, 4) is 0 Å². The Kier molecular flexibility index (Phi) is 3.60. The summed E-state index contributed by atoms with van der Waals surface area (Å²) in [5.41, 5.74) is 2.41. The van der Waals surface area contributed by atoms with Crippen LogP contribution >= 0.6 is 0 Å². The van der Waals surface area contributed by atoms with Crippen molar-refractivity contribution >= 4 is 28.7 Å². The fourth-order valence-corrected chi connectivity index (χ4v) is 2.73. The van der Waals surface area contributed by atoms with Crippen molar-refractivity contribution in [2.75, 3.05) is 0 Å². The Bertz CT molecular complexity index is 888. The fraction of sp³-hybridized carbons (Fsp3) is 0.294. The van der Waals surface area contributed by atoms with E-state index in [9.17, 15) is 9.90 Å². The number of rotatable bonds is 5. The molecule has 0 amide bonds. The van der Waals surface area contributed by atoms with E-state index < -0.39 is 5.97 Å². The van der Waals surface area contributed by atoms with Crippen LogP contribution in [0.4, 0.5) is 0 Å². The number of hydrogen-bond donors (Lipinski definition) is 1. The number of aliphatic carboxylic acids is 1. The van der Waals surface area contributed by atoms with Crippen LogP contribution in [0.5, 0.6) is 0 Å². The molecule has 0 saturated heterocycles. The molecule has 0 atom stereocenters. The number of para-hydroxylation sites is 2. The third-order valence-electron chi connectivity index (χ3n) is 4.21. The van der Waals surface area contributed by atoms with Crippen LogP contribution < -0.4 is 0 Å². The number of benzene rings is 1. The molecule has 1 fully saturated rings. The summed E-state index contributed by atoms with van der Waals surface area (Å²) in [5, 5.41) is 17.4. The van der Waals surface area contributed by atoms with Gasteiger partial charge in [0.2, 0.25) is 5.89 Å². The third-order valence-corrected chi connectivity index (χ3v) is 4.21. The van der Waals surface area contributed by atoms with Gasteiger partial charge in [-0.15, -0.1) is 5.10 Å². The molecule has 0 aliphatic heterocycles. The number of carboxylic acid groups (broad SMARTS) is 1. The lowest BCUT2D eigenvalue weighted by Crippen LogP contribution is -2.17. The minimum Gasteiger partial charge on any atom is -0.481 e. The maximum absolute atomic E-state index is 11.2. The number of oxazole rings is 1. The normalized spacial score (nSPS) is 15.6. The second-order valence-corrected chi connectivity index (χ2v) is 5.93. The number of carboxylic acids is 1. The van der Waals surface area contributed by atoms with Crippen LogP contribution in [-0.2, 0) is 4.79 Å². The van der Waals surface area contributed by atoms with Crippen molar-refractivity contribution in [3.63, 3.8) is 0 Å². The quantitative estimate of drug-likeness (QED) is 0.774. The van der Waals surface area contributed by atoms with E-state index >= 15 is 0 Å². The molecular formula is C17H16N4O3. The van der Waals surface area contributed by atoms with Gasteiger partial charge in [-0.25, -0.2) is 9.67 Å². The first-order valence-electron chi connectivity index (χ1n) is 7.89. The number of aromatic nitrogens is 4. The molecule has 24 heavy (non-hydrogen) atoms. The lowest BCUT2D eigenvalue weighted by molar-refractivity contribution is -0.135. The van der Waals surface area contributed by atoms with Crippen LogP contribution in [0, 0.1) is 0 Å². The van der Waals surface area contributed by atoms with E-state index in [2.05, 4.69) is 15.3 Å². The van der Waals surface area contributed by atoms with E-state index in [0.29, 0.717) is 34.3 Å². The van der Waals surface area contributed by atoms with Gasteiger partial charge >= 0.3 is 5.97 Å². The van der Waals surface area contributed by atoms with Crippen molar-refractivity contribution in [1.29, 1.82) is 0 Å². The number of nitrogens with zero attached hydrogens (tertiary/aromatic N) is 4. The van der Waals surface area contributed by atoms with Gasteiger partial charge in [-0.1, -0.05) is 17.3 Å². The summed E-state index contributed by atoms with van der Waals surface area (Å²) in [6.07, 6.45) is 6.76. The van der Waals surface area contributed by atoms with E-state index in [4.69, 9.17) is 4.42 Å². The van der Waals surface area contributed by atoms with Gasteiger partial charge < -0.3 is 9.52 Å². The summed E-state index contributed by atoms with van der Waals surface area (Å²) < 4.78 is 7.54. The molecule has 1 aliphatic carbocycles. The van der Waals surface area contributed by atoms with Gasteiger partial charge in [0.15, 0.2) is 5.58 Å². The van der Waals surface area contributed by atoms with Crippen LogP contribution in [0.3, 0.4) is 0 Å². The van der Waals surface area contributed by atoms with Gasteiger partial charge in [-0.2, -0.15) is 0 Å². The smallest absolute Gasteiger partial charge is 0.308 e. The van der Waals surface area contributed by atoms with Gasteiger partial charge in [0.05, 0.1) is 18.7 Å². The zero-order chi connectivity index (χ0) is 16.5. The predicted molar refractivity (Wildman–Crippen MR) is 87.0 cm³/mol. The summed E-state index contributed by atoms with van der Waals surface area (Å²) in [5.74, 6) is -0.647. The van der Waals surface area contributed by atoms with E-state index in [-0.39, 0.29) is 6.42 Å². The molecule has 1 aromatic carbocycles. The van der Waals surface area contributed by atoms with Crippen LogP contribution in [0.15, 0.2) is 34.9 Å². The maximum atomic E-state index is 11.2. The Morgan fingerprint density at radius 1 is 1.38 bits per heavy atom. The second-order valence-electron chi connectivity index (χ2n) is 5.93. The van der Waals surface area contributed by atoms with Crippen LogP contribution in [0.2, 0.25) is 0 Å². The lowest BCUT2D eigenvalue weighted by atomic mass is 9.93. The van der Waals surface area contributed by atoms with E-state index in [1.165, 1.54) is 6.42 Å². The Labute approximate surface area is 137 Å². The molecule has 3 aromatic rings. The molecule has 1 aliphatic rings. The van der Waals surface area contributed by atoms with Crippen molar-refractivity contribution in [3.05, 3.63) is 42.0 Å². The molecule has 2 heterocycles. The topological polar surface area (TPSA) is 94.0 Å². The third kappa shape index (κ3) is 2.80. The van der Waals surface area contributed by atoms with Crippen molar-refractivity contribution < 1.29 is 14.3 Å². The molecule has 1 saturated carbocycles. The molecular weight excluding hydrogens is 308 g/mol. The van der Waals surface area contributed by atoms with Gasteiger partial charge in [0.25, 0.3) is 0 Å². The highest BCUT2D eigenvalue weighted by atomic mass is 16.4. The average Bonchev–Trinajstić information content (AvgIpc) is 3.11. The monoisotopic (exact) mass is 324 g/mol. The van der Waals surface area contributed by atoms with Crippen molar-refractivity contribution in [1.82, 2.24) is 20.0 Å². The first kappa shape index (κ1) is 14.6. The Balaban J connectivity index is 1.69. The zero-order valence-electron chi connectivity index (χ0n) is 12.9. The Morgan fingerprint density at radius 2 is 2.21 bits per heavy atom.